The van der Waals surface area contributed by atoms with Gasteiger partial charge in [0.1, 0.15) is 12.6 Å². The van der Waals surface area contributed by atoms with Crippen LogP contribution in [-0.2, 0) is 24.0 Å². The Morgan fingerprint density at radius 1 is 1.32 bits per heavy atom. The summed E-state index contributed by atoms with van der Waals surface area (Å²) in [5.74, 6) is -2.86. The molecule has 0 aromatic carbocycles. The molecule has 0 spiro atoms. The van der Waals surface area contributed by atoms with E-state index in [9.17, 15) is 24.0 Å². The Kier molecular flexibility index (Phi) is 8.89. The number of thioether (sulfide) groups is 1. The Bertz CT molecular complexity index is 634. The third-order valence-corrected chi connectivity index (χ3v) is 5.21. The second-order valence-electron chi connectivity index (χ2n) is 7.39. The molecular formula is C17H28N4O6S. The first kappa shape index (κ1) is 23.9. The minimum absolute atomic E-state index is 0.0192. The van der Waals surface area contributed by atoms with Crippen LogP contribution < -0.4 is 16.4 Å². The van der Waals surface area contributed by atoms with Gasteiger partial charge in [-0.1, -0.05) is 0 Å². The molecule has 1 aliphatic rings. The summed E-state index contributed by atoms with van der Waals surface area (Å²) in [6, 6.07) is -1.03. The number of likely N-dealkylation sites (tertiary alicyclic amines) is 1. The third-order valence-electron chi connectivity index (χ3n) is 3.91. The summed E-state index contributed by atoms with van der Waals surface area (Å²) in [6.07, 6.45) is 0.590. The van der Waals surface area contributed by atoms with Crippen molar-refractivity contribution in [3.63, 3.8) is 0 Å². The number of hydrogen-bond donors (Lipinski definition) is 4. The van der Waals surface area contributed by atoms with Crippen LogP contribution in [0.4, 0.5) is 0 Å². The number of nitrogens with one attached hydrogen (secondary N) is 2. The molecule has 0 radical (unpaired) electrons. The number of carbonyl (C=O) groups excluding carboxylic acids is 4. The maximum atomic E-state index is 12.5. The average molecular weight is 417 g/mol. The van der Waals surface area contributed by atoms with Crippen molar-refractivity contribution in [2.75, 3.05) is 18.8 Å². The molecule has 0 saturated carbocycles. The minimum Gasteiger partial charge on any atom is -0.480 e. The first-order valence-electron chi connectivity index (χ1n) is 8.94. The number of carboxylic acid groups (broad SMARTS) is 1. The predicted octanol–water partition coefficient (Wildman–Crippen LogP) is -0.930. The summed E-state index contributed by atoms with van der Waals surface area (Å²) in [5, 5.41) is 12.8. The smallest absolute Gasteiger partial charge is 0.322 e. The molecule has 1 saturated heterocycles. The number of nitrogens with two attached hydrogens (primary N) is 1. The average Bonchev–Trinajstić information content (AvgIpc) is 2.87. The van der Waals surface area contributed by atoms with Gasteiger partial charge in [0.05, 0.1) is 5.25 Å². The summed E-state index contributed by atoms with van der Waals surface area (Å²) in [7, 11) is 0. The highest BCUT2D eigenvalue weighted by molar-refractivity contribution is 8.00. The SMILES string of the molecule is CC(C)(C)N1C(=O)CC(SC[C@H](NC(=O)CCCN)C(=O)NCC(=O)O)C1=O. The van der Waals surface area contributed by atoms with Crippen molar-refractivity contribution in [3.05, 3.63) is 0 Å². The number of amides is 4. The third kappa shape index (κ3) is 7.12. The van der Waals surface area contributed by atoms with Crippen LogP contribution in [0.3, 0.4) is 0 Å². The summed E-state index contributed by atoms with van der Waals surface area (Å²) in [5.41, 5.74) is 4.72. The summed E-state index contributed by atoms with van der Waals surface area (Å²) in [4.78, 5) is 60.7. The van der Waals surface area contributed by atoms with Gasteiger partial charge in [-0.05, 0) is 33.7 Å². The Labute approximate surface area is 167 Å². The van der Waals surface area contributed by atoms with E-state index < -0.39 is 41.2 Å². The predicted molar refractivity (Wildman–Crippen MR) is 103 cm³/mol. The second kappa shape index (κ2) is 10.4. The number of hydrogen-bond acceptors (Lipinski definition) is 7. The molecule has 0 aromatic heterocycles. The van der Waals surface area contributed by atoms with Gasteiger partial charge in [-0.2, -0.15) is 0 Å². The molecule has 28 heavy (non-hydrogen) atoms. The van der Waals surface area contributed by atoms with Crippen LogP contribution in [0.15, 0.2) is 0 Å². The van der Waals surface area contributed by atoms with E-state index in [1.54, 1.807) is 20.8 Å². The quantitative estimate of drug-likeness (QED) is 0.332. The van der Waals surface area contributed by atoms with Crippen LogP contribution in [0.25, 0.3) is 0 Å². The van der Waals surface area contributed by atoms with Crippen LogP contribution in [0, 0.1) is 0 Å². The van der Waals surface area contributed by atoms with Crippen LogP contribution in [0.2, 0.25) is 0 Å². The molecule has 1 aliphatic heterocycles. The van der Waals surface area contributed by atoms with Gasteiger partial charge in [-0.15, -0.1) is 11.8 Å². The van der Waals surface area contributed by atoms with E-state index in [0.717, 1.165) is 11.8 Å². The zero-order chi connectivity index (χ0) is 21.5. The first-order valence-corrected chi connectivity index (χ1v) is 9.99. The largest absolute Gasteiger partial charge is 0.480 e. The maximum absolute atomic E-state index is 12.5. The summed E-state index contributed by atoms with van der Waals surface area (Å²) >= 11 is 1.09. The van der Waals surface area contributed by atoms with E-state index in [2.05, 4.69) is 10.6 Å². The fourth-order valence-corrected chi connectivity index (χ4v) is 3.82. The fourth-order valence-electron chi connectivity index (χ4n) is 2.65. The van der Waals surface area contributed by atoms with Gasteiger partial charge in [0.15, 0.2) is 0 Å². The van der Waals surface area contributed by atoms with Crippen LogP contribution in [0.5, 0.6) is 0 Å². The van der Waals surface area contributed by atoms with Crippen molar-refractivity contribution < 1.29 is 29.1 Å². The van der Waals surface area contributed by atoms with E-state index in [0.29, 0.717) is 13.0 Å². The molecule has 4 amide bonds. The molecule has 0 aromatic rings. The van der Waals surface area contributed by atoms with Crippen LogP contribution in [-0.4, -0.2) is 75.3 Å². The van der Waals surface area contributed by atoms with Crippen LogP contribution >= 0.6 is 11.8 Å². The van der Waals surface area contributed by atoms with E-state index in [1.807, 2.05) is 0 Å². The zero-order valence-corrected chi connectivity index (χ0v) is 17.1. The highest BCUT2D eigenvalue weighted by Crippen LogP contribution is 2.30. The van der Waals surface area contributed by atoms with E-state index in [-0.39, 0.29) is 30.4 Å². The maximum Gasteiger partial charge on any atom is 0.322 e. The molecule has 1 heterocycles. The molecule has 5 N–H and O–H groups in total. The molecule has 0 bridgehead atoms. The van der Waals surface area contributed by atoms with E-state index >= 15 is 0 Å². The number of carboxylic acids is 1. The Balaban J connectivity index is 2.76. The zero-order valence-electron chi connectivity index (χ0n) is 16.3. The lowest BCUT2D eigenvalue weighted by molar-refractivity contribution is -0.143. The Morgan fingerprint density at radius 3 is 2.46 bits per heavy atom. The topological polar surface area (TPSA) is 159 Å². The normalized spacial score (nSPS) is 18.1. The second-order valence-corrected chi connectivity index (χ2v) is 8.62. The molecule has 10 nitrogen and oxygen atoms in total. The van der Waals surface area contributed by atoms with Gasteiger partial charge in [0, 0.05) is 24.1 Å². The molecule has 0 aliphatic carbocycles. The fraction of sp³-hybridized carbons (Fsp3) is 0.706. The highest BCUT2D eigenvalue weighted by Gasteiger charge is 2.44. The molecule has 11 heteroatoms. The number of nitrogens with zero attached hydrogens (tertiary/aromatic N) is 1. The molecular weight excluding hydrogens is 388 g/mol. The standard InChI is InChI=1S/C17H28N4O6S/c1-17(2,3)21-13(23)7-11(16(21)27)28-9-10(15(26)19-8-14(24)25)20-12(22)5-4-6-18/h10-11H,4-9,18H2,1-3H3,(H,19,26)(H,20,22)(H,24,25)/t10-,11?/m0/s1. The van der Waals surface area contributed by atoms with Crippen molar-refractivity contribution in [1.29, 1.82) is 0 Å². The molecule has 1 unspecified atom stereocenters. The lowest BCUT2D eigenvalue weighted by Crippen LogP contribution is -2.50. The van der Waals surface area contributed by atoms with Crippen molar-refractivity contribution in [2.45, 2.75) is 56.9 Å². The highest BCUT2D eigenvalue weighted by atomic mass is 32.2. The van der Waals surface area contributed by atoms with Crippen molar-refractivity contribution >= 4 is 41.4 Å². The lowest BCUT2D eigenvalue weighted by atomic mass is 10.1. The Morgan fingerprint density at radius 2 is 1.96 bits per heavy atom. The first-order chi connectivity index (χ1) is 13.0. The number of rotatable bonds is 10. The van der Waals surface area contributed by atoms with Gasteiger partial charge in [0.2, 0.25) is 23.6 Å². The molecule has 2 atom stereocenters. The van der Waals surface area contributed by atoms with Crippen molar-refractivity contribution in [2.24, 2.45) is 5.73 Å². The minimum atomic E-state index is -1.22. The lowest BCUT2D eigenvalue weighted by Gasteiger charge is -2.30. The summed E-state index contributed by atoms with van der Waals surface area (Å²) in [6.45, 7) is 5.01. The molecule has 1 rings (SSSR count). The van der Waals surface area contributed by atoms with E-state index in [1.165, 1.54) is 4.90 Å². The Hall–Kier alpha value is -2.14. The van der Waals surface area contributed by atoms with Gasteiger partial charge in [0.25, 0.3) is 0 Å². The molecule has 1 fully saturated rings. The van der Waals surface area contributed by atoms with Crippen molar-refractivity contribution in [1.82, 2.24) is 15.5 Å². The van der Waals surface area contributed by atoms with Gasteiger partial charge in [-0.25, -0.2) is 0 Å². The monoisotopic (exact) mass is 416 g/mol. The van der Waals surface area contributed by atoms with Crippen LogP contribution in [0.1, 0.15) is 40.0 Å². The van der Waals surface area contributed by atoms with E-state index in [4.69, 9.17) is 10.8 Å². The van der Waals surface area contributed by atoms with Gasteiger partial charge < -0.3 is 21.5 Å². The summed E-state index contributed by atoms with van der Waals surface area (Å²) < 4.78 is 0. The number of aliphatic carboxylic acids is 1. The molecule has 158 valence electrons. The van der Waals surface area contributed by atoms with Crippen molar-refractivity contribution in [3.8, 4) is 0 Å². The number of carbonyl (C=O) groups is 5. The number of imide groups is 1. The van der Waals surface area contributed by atoms with Gasteiger partial charge >= 0.3 is 5.97 Å². The van der Waals surface area contributed by atoms with Gasteiger partial charge in [-0.3, -0.25) is 28.9 Å².